The monoisotopic (exact) mass is 299 g/mol. The molecule has 0 aromatic carbocycles. The molecule has 1 atom stereocenters. The molecule has 1 aliphatic rings. The van der Waals surface area contributed by atoms with Gasteiger partial charge < -0.3 is 10.1 Å². The zero-order valence-corrected chi connectivity index (χ0v) is 12.1. The summed E-state index contributed by atoms with van der Waals surface area (Å²) < 4.78 is 5.47. The Labute approximate surface area is 128 Å². The van der Waals surface area contributed by atoms with E-state index in [1.807, 2.05) is 0 Å². The number of hydrogen-bond acceptors (Lipinski definition) is 6. The second kappa shape index (κ2) is 7.04. The fraction of sp³-hybridized carbons (Fsp3) is 0.400. The van der Waals surface area contributed by atoms with Gasteiger partial charge >= 0.3 is 0 Å². The van der Waals surface area contributed by atoms with Gasteiger partial charge in [-0.1, -0.05) is 0 Å². The molecule has 1 aliphatic heterocycles. The molecule has 1 saturated heterocycles. The smallest absolute Gasteiger partial charge is 0.253 e. The van der Waals surface area contributed by atoms with Crippen LogP contribution in [0.3, 0.4) is 0 Å². The third kappa shape index (κ3) is 3.62. The van der Waals surface area contributed by atoms with Crippen LogP contribution in [0.15, 0.2) is 30.7 Å². The number of carbonyl (C=O) groups is 1. The molecule has 1 unspecified atom stereocenters. The molecule has 0 spiro atoms. The van der Waals surface area contributed by atoms with Gasteiger partial charge in [0.25, 0.3) is 5.91 Å². The molecule has 0 radical (unpaired) electrons. The highest BCUT2D eigenvalue weighted by Gasteiger charge is 2.18. The summed E-state index contributed by atoms with van der Waals surface area (Å²) in [6, 6.07) is 3.42. The van der Waals surface area contributed by atoms with Gasteiger partial charge in [-0.15, -0.1) is 0 Å². The molecule has 0 bridgehead atoms. The summed E-state index contributed by atoms with van der Waals surface area (Å²) in [6.45, 7) is 1.83. The normalized spacial score (nSPS) is 17.9. The number of nitrogens with one attached hydrogen (secondary N) is 1. The fourth-order valence-electron chi connectivity index (χ4n) is 2.35. The van der Waals surface area contributed by atoms with Crippen molar-refractivity contribution in [1.82, 2.24) is 25.5 Å². The minimum Gasteiger partial charge on any atom is -0.381 e. The third-order valence-corrected chi connectivity index (χ3v) is 3.53. The molecule has 2 aromatic heterocycles. The van der Waals surface area contributed by atoms with Gasteiger partial charge in [0.05, 0.1) is 36.8 Å². The van der Waals surface area contributed by atoms with E-state index in [0.29, 0.717) is 18.7 Å². The average molecular weight is 299 g/mol. The van der Waals surface area contributed by atoms with Gasteiger partial charge in [0.2, 0.25) is 0 Å². The predicted molar refractivity (Wildman–Crippen MR) is 78.0 cm³/mol. The van der Waals surface area contributed by atoms with E-state index in [2.05, 4.69) is 25.5 Å². The van der Waals surface area contributed by atoms with Crippen LogP contribution in [-0.4, -0.2) is 39.3 Å². The lowest BCUT2D eigenvalue weighted by Crippen LogP contribution is -2.24. The number of carbonyl (C=O) groups excluding carboxylic acids is 1. The van der Waals surface area contributed by atoms with Crippen LogP contribution in [-0.2, 0) is 11.3 Å². The minimum absolute atomic E-state index is 0.198. The van der Waals surface area contributed by atoms with Crippen molar-refractivity contribution in [3.05, 3.63) is 47.8 Å². The molecule has 2 aromatic rings. The standard InChI is InChI=1S/C15H17N5O2/c21-15(11-3-6-18-19-8-11)17-9-13-4-5-16-14(20-13)12-2-1-7-22-10-12/h3-6,8,12H,1-2,7,9-10H2,(H,17,21). The number of hydrogen-bond donors (Lipinski definition) is 1. The Morgan fingerprint density at radius 1 is 1.32 bits per heavy atom. The lowest BCUT2D eigenvalue weighted by molar-refractivity contribution is 0.0779. The first kappa shape index (κ1) is 14.5. The summed E-state index contributed by atoms with van der Waals surface area (Å²) in [5, 5.41) is 10.1. The molecule has 7 nitrogen and oxygen atoms in total. The number of ether oxygens (including phenoxy) is 1. The maximum absolute atomic E-state index is 12.0. The van der Waals surface area contributed by atoms with Gasteiger partial charge in [0.15, 0.2) is 0 Å². The molecule has 22 heavy (non-hydrogen) atoms. The van der Waals surface area contributed by atoms with E-state index in [-0.39, 0.29) is 11.8 Å². The summed E-state index contributed by atoms with van der Waals surface area (Å²) >= 11 is 0. The Morgan fingerprint density at radius 3 is 3.05 bits per heavy atom. The van der Waals surface area contributed by atoms with E-state index in [1.54, 1.807) is 18.3 Å². The van der Waals surface area contributed by atoms with Crippen LogP contribution < -0.4 is 5.32 Å². The van der Waals surface area contributed by atoms with Gasteiger partial charge in [0, 0.05) is 18.7 Å². The first-order valence-electron chi connectivity index (χ1n) is 7.27. The van der Waals surface area contributed by atoms with Gasteiger partial charge in [-0.05, 0) is 25.0 Å². The number of amides is 1. The molecule has 1 N–H and O–H groups in total. The Kier molecular flexibility index (Phi) is 4.65. The molecule has 7 heteroatoms. The Morgan fingerprint density at radius 2 is 2.27 bits per heavy atom. The van der Waals surface area contributed by atoms with Crippen LogP contribution in [0.4, 0.5) is 0 Å². The van der Waals surface area contributed by atoms with Crippen molar-refractivity contribution in [2.24, 2.45) is 0 Å². The molecule has 3 rings (SSSR count). The Hall–Kier alpha value is -2.41. The zero-order chi connectivity index (χ0) is 15.2. The van der Waals surface area contributed by atoms with E-state index >= 15 is 0 Å². The summed E-state index contributed by atoms with van der Waals surface area (Å²) in [4.78, 5) is 20.8. The highest BCUT2D eigenvalue weighted by Crippen LogP contribution is 2.22. The minimum atomic E-state index is -0.198. The lowest BCUT2D eigenvalue weighted by Gasteiger charge is -2.20. The first-order chi connectivity index (χ1) is 10.8. The lowest BCUT2D eigenvalue weighted by atomic mass is 10.0. The van der Waals surface area contributed by atoms with Gasteiger partial charge in [-0.2, -0.15) is 10.2 Å². The molecule has 114 valence electrons. The van der Waals surface area contributed by atoms with Crippen molar-refractivity contribution in [2.75, 3.05) is 13.2 Å². The molecule has 0 saturated carbocycles. The van der Waals surface area contributed by atoms with Crippen molar-refractivity contribution in [3.63, 3.8) is 0 Å². The van der Waals surface area contributed by atoms with E-state index in [0.717, 1.165) is 31.0 Å². The van der Waals surface area contributed by atoms with E-state index in [1.165, 1.54) is 12.4 Å². The average Bonchev–Trinajstić information content (AvgIpc) is 2.61. The van der Waals surface area contributed by atoms with Crippen LogP contribution in [0, 0.1) is 0 Å². The van der Waals surface area contributed by atoms with Crippen molar-refractivity contribution >= 4 is 5.91 Å². The zero-order valence-electron chi connectivity index (χ0n) is 12.1. The number of aromatic nitrogens is 4. The van der Waals surface area contributed by atoms with Crippen LogP contribution in [0.1, 0.15) is 40.6 Å². The number of nitrogens with zero attached hydrogens (tertiary/aromatic N) is 4. The Bertz CT molecular complexity index is 629. The Balaban J connectivity index is 1.62. The molecule has 1 amide bonds. The largest absolute Gasteiger partial charge is 0.381 e. The van der Waals surface area contributed by atoms with Gasteiger partial charge in [-0.25, -0.2) is 9.97 Å². The van der Waals surface area contributed by atoms with Gasteiger partial charge in [-0.3, -0.25) is 4.79 Å². The quantitative estimate of drug-likeness (QED) is 0.909. The third-order valence-electron chi connectivity index (χ3n) is 3.53. The van der Waals surface area contributed by atoms with Crippen molar-refractivity contribution in [1.29, 1.82) is 0 Å². The first-order valence-corrected chi connectivity index (χ1v) is 7.27. The van der Waals surface area contributed by atoms with Crippen molar-refractivity contribution in [2.45, 2.75) is 25.3 Å². The van der Waals surface area contributed by atoms with E-state index in [9.17, 15) is 4.79 Å². The van der Waals surface area contributed by atoms with Crippen molar-refractivity contribution in [3.8, 4) is 0 Å². The second-order valence-corrected chi connectivity index (χ2v) is 5.13. The topological polar surface area (TPSA) is 89.9 Å². The maximum Gasteiger partial charge on any atom is 0.253 e. The highest BCUT2D eigenvalue weighted by molar-refractivity contribution is 5.93. The van der Waals surface area contributed by atoms with Gasteiger partial charge in [0.1, 0.15) is 5.82 Å². The molecule has 3 heterocycles. The molecule has 0 aliphatic carbocycles. The van der Waals surface area contributed by atoms with E-state index < -0.39 is 0 Å². The fourth-order valence-corrected chi connectivity index (χ4v) is 2.35. The predicted octanol–water partition coefficient (Wildman–Crippen LogP) is 1.09. The second-order valence-electron chi connectivity index (χ2n) is 5.13. The summed E-state index contributed by atoms with van der Waals surface area (Å²) in [5.41, 5.74) is 1.26. The van der Waals surface area contributed by atoms with Crippen LogP contribution in [0.5, 0.6) is 0 Å². The SMILES string of the molecule is O=C(NCc1ccnc(C2CCCOC2)n1)c1ccnnc1. The summed E-state index contributed by atoms with van der Waals surface area (Å²) in [7, 11) is 0. The molecular weight excluding hydrogens is 282 g/mol. The van der Waals surface area contributed by atoms with Crippen molar-refractivity contribution < 1.29 is 9.53 Å². The summed E-state index contributed by atoms with van der Waals surface area (Å²) in [5.74, 6) is 0.835. The highest BCUT2D eigenvalue weighted by atomic mass is 16.5. The summed E-state index contributed by atoms with van der Waals surface area (Å²) in [6.07, 6.45) is 6.72. The van der Waals surface area contributed by atoms with Crippen LogP contribution >= 0.6 is 0 Å². The van der Waals surface area contributed by atoms with E-state index in [4.69, 9.17) is 4.74 Å². The molecular formula is C15H17N5O2. The number of rotatable bonds is 4. The maximum atomic E-state index is 12.0. The van der Waals surface area contributed by atoms with Crippen LogP contribution in [0.2, 0.25) is 0 Å². The molecule has 1 fully saturated rings. The van der Waals surface area contributed by atoms with Crippen LogP contribution in [0.25, 0.3) is 0 Å².